The molecule has 0 spiro atoms. The maximum atomic E-state index is 11.9. The monoisotopic (exact) mass is 277 g/mol. The summed E-state index contributed by atoms with van der Waals surface area (Å²) in [7, 11) is 0. The fourth-order valence-corrected chi connectivity index (χ4v) is 2.60. The highest BCUT2D eigenvalue weighted by molar-refractivity contribution is 5.89. The third kappa shape index (κ3) is 3.70. The molecule has 2 heterocycles. The van der Waals surface area contributed by atoms with Crippen LogP contribution in [0.4, 0.5) is 10.5 Å². The van der Waals surface area contributed by atoms with Crippen molar-refractivity contribution in [2.24, 2.45) is 11.8 Å². The Morgan fingerprint density at radius 2 is 2.35 bits per heavy atom. The number of nitrogens with zero attached hydrogens (tertiary/aromatic N) is 1. The van der Waals surface area contributed by atoms with E-state index in [1.54, 1.807) is 12.4 Å². The molecule has 1 aliphatic rings. The fourth-order valence-electron chi connectivity index (χ4n) is 2.60. The van der Waals surface area contributed by atoms with Gasteiger partial charge in [0, 0.05) is 25.3 Å². The molecular formula is C15H23N3O2. The first-order valence-electron chi connectivity index (χ1n) is 7.15. The van der Waals surface area contributed by atoms with Crippen molar-refractivity contribution in [1.82, 2.24) is 10.3 Å². The minimum absolute atomic E-state index is 0.185. The Balaban J connectivity index is 1.82. The number of aryl methyl sites for hydroxylation is 1. The van der Waals surface area contributed by atoms with Crippen LogP contribution in [0.3, 0.4) is 0 Å². The second-order valence-corrected chi connectivity index (χ2v) is 5.65. The van der Waals surface area contributed by atoms with E-state index >= 15 is 0 Å². The lowest BCUT2D eigenvalue weighted by atomic mass is 9.93. The summed E-state index contributed by atoms with van der Waals surface area (Å²) in [6, 6.07) is 1.69. The average molecular weight is 277 g/mol. The Hall–Kier alpha value is -1.62. The molecule has 1 aromatic rings. The Morgan fingerprint density at radius 3 is 3.05 bits per heavy atom. The SMILES string of the molecule is Cc1ccncc1NC(=O)NCC1CCOC1C(C)C. The topological polar surface area (TPSA) is 63.2 Å². The third-order valence-electron chi connectivity index (χ3n) is 3.73. The van der Waals surface area contributed by atoms with E-state index in [0.29, 0.717) is 18.4 Å². The number of aromatic nitrogens is 1. The summed E-state index contributed by atoms with van der Waals surface area (Å²) in [5.41, 5.74) is 1.74. The molecule has 0 aromatic carbocycles. The molecule has 2 unspecified atom stereocenters. The van der Waals surface area contributed by atoms with Gasteiger partial charge in [0.25, 0.3) is 0 Å². The van der Waals surface area contributed by atoms with Gasteiger partial charge in [-0.05, 0) is 30.9 Å². The van der Waals surface area contributed by atoms with Crippen molar-refractivity contribution in [2.75, 3.05) is 18.5 Å². The number of amides is 2. The summed E-state index contributed by atoms with van der Waals surface area (Å²) >= 11 is 0. The first-order valence-corrected chi connectivity index (χ1v) is 7.15. The van der Waals surface area contributed by atoms with Crippen LogP contribution in [0.15, 0.2) is 18.5 Å². The second-order valence-electron chi connectivity index (χ2n) is 5.65. The van der Waals surface area contributed by atoms with E-state index in [1.807, 2.05) is 13.0 Å². The summed E-state index contributed by atoms with van der Waals surface area (Å²) in [5, 5.41) is 5.75. The number of rotatable bonds is 4. The van der Waals surface area contributed by atoms with Gasteiger partial charge in [-0.2, -0.15) is 0 Å². The van der Waals surface area contributed by atoms with Crippen molar-refractivity contribution in [3.8, 4) is 0 Å². The lowest BCUT2D eigenvalue weighted by Crippen LogP contribution is -2.37. The first-order chi connectivity index (χ1) is 9.58. The summed E-state index contributed by atoms with van der Waals surface area (Å²) in [6.45, 7) is 7.69. The van der Waals surface area contributed by atoms with Gasteiger partial charge in [-0.3, -0.25) is 4.98 Å². The van der Waals surface area contributed by atoms with E-state index in [4.69, 9.17) is 4.74 Å². The number of hydrogen-bond acceptors (Lipinski definition) is 3. The maximum Gasteiger partial charge on any atom is 0.319 e. The molecule has 0 bridgehead atoms. The Labute approximate surface area is 120 Å². The molecule has 1 fully saturated rings. The molecule has 1 saturated heterocycles. The van der Waals surface area contributed by atoms with Crippen LogP contribution in [-0.4, -0.2) is 30.3 Å². The van der Waals surface area contributed by atoms with Crippen molar-refractivity contribution in [3.05, 3.63) is 24.0 Å². The van der Waals surface area contributed by atoms with E-state index < -0.39 is 0 Å². The smallest absolute Gasteiger partial charge is 0.319 e. The highest BCUT2D eigenvalue weighted by atomic mass is 16.5. The van der Waals surface area contributed by atoms with Gasteiger partial charge in [-0.1, -0.05) is 13.8 Å². The predicted octanol–water partition coefficient (Wildman–Crippen LogP) is 2.57. The molecule has 20 heavy (non-hydrogen) atoms. The quantitative estimate of drug-likeness (QED) is 0.889. The summed E-state index contributed by atoms with van der Waals surface area (Å²) in [4.78, 5) is 15.9. The molecule has 2 atom stereocenters. The van der Waals surface area contributed by atoms with Gasteiger partial charge in [-0.15, -0.1) is 0 Å². The molecule has 1 aliphatic heterocycles. The molecule has 2 amide bonds. The predicted molar refractivity (Wildman–Crippen MR) is 78.7 cm³/mol. The number of nitrogens with one attached hydrogen (secondary N) is 2. The van der Waals surface area contributed by atoms with Gasteiger partial charge < -0.3 is 15.4 Å². The second kappa shape index (κ2) is 6.70. The van der Waals surface area contributed by atoms with Gasteiger partial charge >= 0.3 is 6.03 Å². The number of pyridine rings is 1. The third-order valence-corrected chi connectivity index (χ3v) is 3.73. The molecule has 110 valence electrons. The van der Waals surface area contributed by atoms with E-state index in [2.05, 4.69) is 29.5 Å². The maximum absolute atomic E-state index is 11.9. The van der Waals surface area contributed by atoms with Gasteiger partial charge in [-0.25, -0.2) is 4.79 Å². The Morgan fingerprint density at radius 1 is 1.55 bits per heavy atom. The standard InChI is InChI=1S/C15H23N3O2/c1-10(2)14-12(5-7-20-14)8-17-15(19)18-13-9-16-6-4-11(13)3/h4,6,9-10,12,14H,5,7-8H2,1-3H3,(H2,17,18,19). The number of carbonyl (C=O) groups is 1. The number of hydrogen-bond donors (Lipinski definition) is 2. The first kappa shape index (κ1) is 14.8. The highest BCUT2D eigenvalue weighted by Gasteiger charge is 2.30. The molecular weight excluding hydrogens is 254 g/mol. The van der Waals surface area contributed by atoms with Crippen LogP contribution >= 0.6 is 0 Å². The van der Waals surface area contributed by atoms with Gasteiger partial charge in [0.1, 0.15) is 0 Å². The number of anilines is 1. The minimum atomic E-state index is -0.185. The summed E-state index contributed by atoms with van der Waals surface area (Å²) < 4.78 is 5.71. The zero-order chi connectivity index (χ0) is 14.5. The van der Waals surface area contributed by atoms with Crippen LogP contribution < -0.4 is 10.6 Å². The number of urea groups is 1. The van der Waals surface area contributed by atoms with Crippen LogP contribution in [0.2, 0.25) is 0 Å². The van der Waals surface area contributed by atoms with Crippen LogP contribution in [-0.2, 0) is 4.74 Å². The number of ether oxygens (including phenoxy) is 1. The van der Waals surface area contributed by atoms with Crippen molar-refractivity contribution >= 4 is 11.7 Å². The summed E-state index contributed by atoms with van der Waals surface area (Å²) in [6.07, 6.45) is 4.62. The van der Waals surface area contributed by atoms with Crippen molar-refractivity contribution in [1.29, 1.82) is 0 Å². The Bertz CT molecular complexity index is 462. The van der Waals surface area contributed by atoms with E-state index in [-0.39, 0.29) is 12.1 Å². The molecule has 5 nitrogen and oxygen atoms in total. The van der Waals surface area contributed by atoms with Crippen molar-refractivity contribution in [2.45, 2.75) is 33.3 Å². The van der Waals surface area contributed by atoms with Crippen LogP contribution in [0, 0.1) is 18.8 Å². The molecule has 0 saturated carbocycles. The minimum Gasteiger partial charge on any atom is -0.378 e. The van der Waals surface area contributed by atoms with Gasteiger partial charge in [0.05, 0.1) is 18.0 Å². The Kier molecular flexibility index (Phi) is 4.95. The largest absolute Gasteiger partial charge is 0.378 e. The molecule has 5 heteroatoms. The van der Waals surface area contributed by atoms with Crippen LogP contribution in [0.25, 0.3) is 0 Å². The van der Waals surface area contributed by atoms with Crippen molar-refractivity contribution in [3.63, 3.8) is 0 Å². The lowest BCUT2D eigenvalue weighted by Gasteiger charge is -2.22. The zero-order valence-electron chi connectivity index (χ0n) is 12.3. The highest BCUT2D eigenvalue weighted by Crippen LogP contribution is 2.26. The summed E-state index contributed by atoms with van der Waals surface area (Å²) in [5.74, 6) is 0.878. The zero-order valence-corrected chi connectivity index (χ0v) is 12.3. The normalized spacial score (nSPS) is 22.0. The van der Waals surface area contributed by atoms with Gasteiger partial charge in [0.15, 0.2) is 0 Å². The molecule has 2 rings (SSSR count). The van der Waals surface area contributed by atoms with E-state index in [0.717, 1.165) is 24.3 Å². The fraction of sp³-hybridized carbons (Fsp3) is 0.600. The molecule has 2 N–H and O–H groups in total. The van der Waals surface area contributed by atoms with Crippen LogP contribution in [0.1, 0.15) is 25.8 Å². The average Bonchev–Trinajstić information content (AvgIpc) is 2.88. The number of carbonyl (C=O) groups excluding carboxylic acids is 1. The van der Waals surface area contributed by atoms with Crippen LogP contribution in [0.5, 0.6) is 0 Å². The lowest BCUT2D eigenvalue weighted by molar-refractivity contribution is 0.0546. The van der Waals surface area contributed by atoms with E-state index in [1.165, 1.54) is 0 Å². The van der Waals surface area contributed by atoms with Crippen molar-refractivity contribution < 1.29 is 9.53 Å². The van der Waals surface area contributed by atoms with Gasteiger partial charge in [0.2, 0.25) is 0 Å². The molecule has 0 radical (unpaired) electrons. The molecule has 0 aliphatic carbocycles. The molecule has 1 aromatic heterocycles. The van der Waals surface area contributed by atoms with E-state index in [9.17, 15) is 4.79 Å².